The molecule has 450 valence electrons. The summed E-state index contributed by atoms with van der Waals surface area (Å²) in [5, 5.41) is 0. The second-order valence-electron chi connectivity index (χ2n) is 21.6. The van der Waals surface area contributed by atoms with Crippen molar-refractivity contribution in [3.63, 3.8) is 0 Å². The number of rotatable bonds is 59. The molecule has 6 heteroatoms. The molecule has 0 aliphatic carbocycles. The third kappa shape index (κ3) is 64.5. The molecule has 0 aliphatic heterocycles. The van der Waals surface area contributed by atoms with E-state index in [4.69, 9.17) is 14.2 Å². The SMILES string of the molecule is CC/C=C\C/C=C\C/C=C\C/C=C\C/C=C\C/C=C\CCC(=O)OCC(COC(=O)CCCCCCCCCC/C=C\C/C=C\C/C=C\C/C=C\CC)OC(=O)CCCCCCCCCCCCCCCCCCCCCCC. The molecule has 0 saturated heterocycles. The summed E-state index contributed by atoms with van der Waals surface area (Å²) in [5.41, 5.74) is 0. The average Bonchev–Trinajstić information content (AvgIpc) is 3.45. The van der Waals surface area contributed by atoms with E-state index in [9.17, 15) is 14.4 Å². The summed E-state index contributed by atoms with van der Waals surface area (Å²) in [6, 6.07) is 0. The number of carbonyl (C=O) groups excluding carboxylic acids is 3. The third-order valence-electron chi connectivity index (χ3n) is 14.0. The average molecular weight is 1100 g/mol. The van der Waals surface area contributed by atoms with E-state index in [-0.39, 0.29) is 37.5 Å². The van der Waals surface area contributed by atoms with Crippen LogP contribution >= 0.6 is 0 Å². The van der Waals surface area contributed by atoms with Gasteiger partial charge in [0.15, 0.2) is 6.10 Å². The first kappa shape index (κ1) is 74.8. The quantitative estimate of drug-likeness (QED) is 0.0261. The van der Waals surface area contributed by atoms with Crippen LogP contribution in [0.5, 0.6) is 0 Å². The Morgan fingerprint density at radius 3 is 0.848 bits per heavy atom. The van der Waals surface area contributed by atoms with Crippen molar-refractivity contribution < 1.29 is 28.6 Å². The molecule has 0 aromatic carbocycles. The van der Waals surface area contributed by atoms with Crippen molar-refractivity contribution in [1.82, 2.24) is 0 Å². The second-order valence-corrected chi connectivity index (χ2v) is 21.6. The van der Waals surface area contributed by atoms with Gasteiger partial charge in [0.25, 0.3) is 0 Å². The van der Waals surface area contributed by atoms with Gasteiger partial charge in [-0.15, -0.1) is 0 Å². The topological polar surface area (TPSA) is 78.9 Å². The molecule has 0 heterocycles. The fraction of sp³-hybridized carbons (Fsp3) is 0.685. The van der Waals surface area contributed by atoms with Gasteiger partial charge in [0.2, 0.25) is 0 Å². The Morgan fingerprint density at radius 1 is 0.266 bits per heavy atom. The van der Waals surface area contributed by atoms with E-state index >= 15 is 0 Å². The number of unbranched alkanes of at least 4 members (excludes halogenated alkanes) is 28. The van der Waals surface area contributed by atoms with Crippen LogP contribution in [-0.2, 0) is 28.6 Å². The number of esters is 3. The number of hydrogen-bond acceptors (Lipinski definition) is 6. The van der Waals surface area contributed by atoms with Gasteiger partial charge in [0.1, 0.15) is 13.2 Å². The highest BCUT2D eigenvalue weighted by atomic mass is 16.6. The fourth-order valence-electron chi connectivity index (χ4n) is 9.11. The van der Waals surface area contributed by atoms with Crippen LogP contribution in [0.25, 0.3) is 0 Å². The monoisotopic (exact) mass is 1090 g/mol. The Labute approximate surface area is 488 Å². The maximum Gasteiger partial charge on any atom is 0.306 e. The highest BCUT2D eigenvalue weighted by Gasteiger charge is 2.19. The second kappa shape index (κ2) is 66.3. The largest absolute Gasteiger partial charge is 0.462 e. The smallest absolute Gasteiger partial charge is 0.306 e. The van der Waals surface area contributed by atoms with Crippen LogP contribution in [0.3, 0.4) is 0 Å². The highest BCUT2D eigenvalue weighted by Crippen LogP contribution is 2.17. The van der Waals surface area contributed by atoms with Gasteiger partial charge in [0, 0.05) is 19.3 Å². The molecular formula is C73H122O6. The minimum atomic E-state index is -0.816. The standard InChI is InChI=1S/C73H122O6/c1-4-7-10-13-16-19-22-25-28-31-34-36-39-42-45-48-51-54-57-60-63-66-72(75)78-69-70(68-77-71(74)65-62-59-56-53-50-47-44-41-38-33-30-27-24-21-18-15-12-9-6-3)79-73(76)67-64-61-58-55-52-49-46-43-40-37-35-32-29-26-23-20-17-14-11-8-5-2/h7,9-10,12,16,18-19,21,25,27-28,30,34,36,38,41,47,50,56,59,70H,4-6,8,11,13-15,17,20,22-24,26,29,31-33,35,37,39-40,42-46,48-49,51-55,57-58,60-69H2,1-3H3/b10-7-,12-9-,19-16-,21-18-,28-25-,30-27-,36-34-,41-38-,50-47-,59-56-. The first-order valence-electron chi connectivity index (χ1n) is 33.0. The Hall–Kier alpha value is -4.19. The maximum absolute atomic E-state index is 12.9. The van der Waals surface area contributed by atoms with E-state index in [2.05, 4.69) is 136 Å². The molecular weight excluding hydrogens is 973 g/mol. The maximum atomic E-state index is 12.9. The minimum absolute atomic E-state index is 0.106. The lowest BCUT2D eigenvalue weighted by Crippen LogP contribution is -2.30. The normalized spacial score (nSPS) is 12.9. The lowest BCUT2D eigenvalue weighted by Gasteiger charge is -2.18. The van der Waals surface area contributed by atoms with E-state index in [0.717, 1.165) is 109 Å². The summed E-state index contributed by atoms with van der Waals surface area (Å²) in [7, 11) is 0. The molecule has 0 bridgehead atoms. The summed E-state index contributed by atoms with van der Waals surface area (Å²) in [5.74, 6) is -0.991. The summed E-state index contributed by atoms with van der Waals surface area (Å²) >= 11 is 0. The number of allylic oxidation sites excluding steroid dienone is 20. The summed E-state index contributed by atoms with van der Waals surface area (Å²) in [4.78, 5) is 38.4. The molecule has 0 radical (unpaired) electrons. The van der Waals surface area contributed by atoms with Crippen LogP contribution in [0, 0.1) is 0 Å². The molecule has 0 amide bonds. The van der Waals surface area contributed by atoms with E-state index in [1.54, 1.807) is 0 Å². The van der Waals surface area contributed by atoms with E-state index < -0.39 is 6.10 Å². The lowest BCUT2D eigenvalue weighted by atomic mass is 10.0. The molecule has 0 spiro atoms. The van der Waals surface area contributed by atoms with Gasteiger partial charge < -0.3 is 14.2 Å². The summed E-state index contributed by atoms with van der Waals surface area (Å²) in [6.45, 7) is 6.38. The van der Waals surface area contributed by atoms with E-state index in [0.29, 0.717) is 19.3 Å². The predicted octanol–water partition coefficient (Wildman–Crippen LogP) is 22.8. The molecule has 0 N–H and O–H groups in total. The van der Waals surface area contributed by atoms with Gasteiger partial charge in [-0.3, -0.25) is 14.4 Å². The van der Waals surface area contributed by atoms with Crippen molar-refractivity contribution in [3.8, 4) is 0 Å². The Balaban J connectivity index is 4.48. The van der Waals surface area contributed by atoms with Crippen LogP contribution in [-0.4, -0.2) is 37.2 Å². The zero-order valence-corrected chi connectivity index (χ0v) is 51.6. The molecule has 1 atom stereocenters. The Bertz CT molecular complexity index is 1640. The minimum Gasteiger partial charge on any atom is -0.462 e. The molecule has 0 aromatic rings. The fourth-order valence-corrected chi connectivity index (χ4v) is 9.11. The van der Waals surface area contributed by atoms with Crippen LogP contribution in [0.1, 0.15) is 303 Å². The molecule has 0 fully saturated rings. The van der Waals surface area contributed by atoms with Gasteiger partial charge in [-0.05, 0) is 96.3 Å². The first-order valence-corrected chi connectivity index (χ1v) is 33.0. The van der Waals surface area contributed by atoms with Crippen LogP contribution in [0.2, 0.25) is 0 Å². The molecule has 6 nitrogen and oxygen atoms in total. The Morgan fingerprint density at radius 2 is 0.519 bits per heavy atom. The van der Waals surface area contributed by atoms with E-state index in [1.807, 2.05) is 6.08 Å². The number of hydrogen-bond donors (Lipinski definition) is 0. The van der Waals surface area contributed by atoms with Crippen molar-refractivity contribution in [1.29, 1.82) is 0 Å². The van der Waals surface area contributed by atoms with Gasteiger partial charge >= 0.3 is 17.9 Å². The molecule has 79 heavy (non-hydrogen) atoms. The van der Waals surface area contributed by atoms with Crippen LogP contribution < -0.4 is 0 Å². The van der Waals surface area contributed by atoms with Gasteiger partial charge in [-0.1, -0.05) is 309 Å². The van der Waals surface area contributed by atoms with E-state index in [1.165, 1.54) is 148 Å². The van der Waals surface area contributed by atoms with Gasteiger partial charge in [0.05, 0.1) is 0 Å². The molecule has 0 rings (SSSR count). The third-order valence-corrected chi connectivity index (χ3v) is 14.0. The van der Waals surface area contributed by atoms with Crippen molar-refractivity contribution in [2.75, 3.05) is 13.2 Å². The van der Waals surface area contributed by atoms with Crippen molar-refractivity contribution in [2.24, 2.45) is 0 Å². The molecule has 1 unspecified atom stereocenters. The van der Waals surface area contributed by atoms with Crippen molar-refractivity contribution in [2.45, 2.75) is 309 Å². The summed E-state index contributed by atoms with van der Waals surface area (Å²) < 4.78 is 16.9. The lowest BCUT2D eigenvalue weighted by molar-refractivity contribution is -0.166. The van der Waals surface area contributed by atoms with Crippen LogP contribution in [0.15, 0.2) is 122 Å². The van der Waals surface area contributed by atoms with Crippen molar-refractivity contribution in [3.05, 3.63) is 122 Å². The first-order chi connectivity index (χ1) is 39.0. The number of ether oxygens (including phenoxy) is 3. The van der Waals surface area contributed by atoms with Gasteiger partial charge in [-0.2, -0.15) is 0 Å². The predicted molar refractivity (Wildman–Crippen MR) is 343 cm³/mol. The molecule has 0 aliphatic rings. The molecule has 0 aromatic heterocycles. The Kier molecular flexibility index (Phi) is 62.8. The zero-order chi connectivity index (χ0) is 57.1. The highest BCUT2D eigenvalue weighted by molar-refractivity contribution is 5.71. The summed E-state index contributed by atoms with van der Waals surface area (Å²) in [6.07, 6.45) is 92.2. The molecule has 0 saturated carbocycles. The van der Waals surface area contributed by atoms with Gasteiger partial charge in [-0.25, -0.2) is 0 Å². The zero-order valence-electron chi connectivity index (χ0n) is 51.6. The van der Waals surface area contributed by atoms with Crippen LogP contribution in [0.4, 0.5) is 0 Å². The number of carbonyl (C=O) groups is 3. The van der Waals surface area contributed by atoms with Crippen molar-refractivity contribution >= 4 is 17.9 Å².